The summed E-state index contributed by atoms with van der Waals surface area (Å²) in [5, 5.41) is 5.10. The van der Waals surface area contributed by atoms with E-state index in [2.05, 4.69) is 28.6 Å². The van der Waals surface area contributed by atoms with Crippen molar-refractivity contribution in [2.45, 2.75) is 52.0 Å². The molecule has 26 heavy (non-hydrogen) atoms. The number of nitrogens with zero attached hydrogens (tertiary/aromatic N) is 2. The smallest absolute Gasteiger partial charge is 0.223 e. The summed E-state index contributed by atoms with van der Waals surface area (Å²) in [5.74, 6) is 0.544. The van der Waals surface area contributed by atoms with Crippen molar-refractivity contribution in [3.8, 4) is 0 Å². The Labute approximate surface area is 160 Å². The second-order valence-corrected chi connectivity index (χ2v) is 8.71. The van der Waals surface area contributed by atoms with Gasteiger partial charge in [0.25, 0.3) is 0 Å². The SMILES string of the molecule is CC(CNC(=O)CCC(=O)N1CCc2sccc2C1)CN1CCCCC1. The number of nitrogens with one attached hydrogen (secondary N) is 1. The van der Waals surface area contributed by atoms with Gasteiger partial charge in [-0.2, -0.15) is 0 Å². The number of likely N-dealkylation sites (tertiary alicyclic amines) is 1. The fraction of sp³-hybridized carbons (Fsp3) is 0.700. The molecule has 2 aliphatic rings. The topological polar surface area (TPSA) is 52.7 Å². The van der Waals surface area contributed by atoms with Gasteiger partial charge >= 0.3 is 0 Å². The van der Waals surface area contributed by atoms with Crippen molar-refractivity contribution >= 4 is 23.2 Å². The standard InChI is InChI=1S/C20H31N3O2S/c1-16(14-22-9-3-2-4-10-22)13-21-19(24)5-6-20(25)23-11-7-18-17(15-23)8-12-26-18/h8,12,16H,2-7,9-11,13-15H2,1H3,(H,21,24). The Hall–Kier alpha value is -1.40. The molecule has 1 aromatic rings. The van der Waals surface area contributed by atoms with Crippen LogP contribution in [0.5, 0.6) is 0 Å². The molecule has 0 bridgehead atoms. The predicted octanol–water partition coefficient (Wildman–Crippen LogP) is 2.65. The summed E-state index contributed by atoms with van der Waals surface area (Å²) < 4.78 is 0. The lowest BCUT2D eigenvalue weighted by Gasteiger charge is -2.29. The lowest BCUT2D eigenvalue weighted by atomic mass is 10.1. The minimum absolute atomic E-state index is 0.00271. The predicted molar refractivity (Wildman–Crippen MR) is 105 cm³/mol. The molecule has 1 atom stereocenters. The Bertz CT molecular complexity index is 610. The average Bonchev–Trinajstić information content (AvgIpc) is 3.13. The maximum absolute atomic E-state index is 12.4. The molecule has 2 aliphatic heterocycles. The van der Waals surface area contributed by atoms with E-state index in [0.717, 1.165) is 19.5 Å². The van der Waals surface area contributed by atoms with E-state index in [1.165, 1.54) is 42.8 Å². The summed E-state index contributed by atoms with van der Waals surface area (Å²) in [4.78, 5) is 30.3. The fourth-order valence-corrected chi connectivity index (χ4v) is 4.75. The molecule has 3 rings (SSSR count). The molecule has 2 amide bonds. The molecular formula is C20H31N3O2S. The second-order valence-electron chi connectivity index (χ2n) is 7.70. The van der Waals surface area contributed by atoms with Crippen molar-refractivity contribution in [3.63, 3.8) is 0 Å². The molecule has 0 spiro atoms. The summed E-state index contributed by atoms with van der Waals surface area (Å²) in [6.45, 7) is 7.80. The van der Waals surface area contributed by atoms with Gasteiger partial charge in [-0.3, -0.25) is 9.59 Å². The van der Waals surface area contributed by atoms with E-state index in [4.69, 9.17) is 0 Å². The first kappa shape index (κ1) is 19.4. The molecule has 0 aromatic carbocycles. The molecule has 1 N–H and O–H groups in total. The van der Waals surface area contributed by atoms with Crippen LogP contribution in [-0.4, -0.2) is 54.3 Å². The van der Waals surface area contributed by atoms with Crippen molar-refractivity contribution in [2.75, 3.05) is 32.7 Å². The number of hydrogen-bond acceptors (Lipinski definition) is 4. The first-order valence-corrected chi connectivity index (χ1v) is 10.8. The summed E-state index contributed by atoms with van der Waals surface area (Å²) in [7, 11) is 0. The van der Waals surface area contributed by atoms with Crippen LogP contribution >= 0.6 is 11.3 Å². The molecule has 1 aromatic heterocycles. The van der Waals surface area contributed by atoms with Gasteiger partial charge in [0.15, 0.2) is 0 Å². The summed E-state index contributed by atoms with van der Waals surface area (Å²) in [6.07, 6.45) is 5.49. The van der Waals surface area contributed by atoms with Crippen molar-refractivity contribution in [2.24, 2.45) is 5.92 Å². The molecule has 0 radical (unpaired) electrons. The van der Waals surface area contributed by atoms with E-state index >= 15 is 0 Å². The van der Waals surface area contributed by atoms with Gasteiger partial charge in [-0.05, 0) is 55.3 Å². The Morgan fingerprint density at radius 1 is 1.19 bits per heavy atom. The van der Waals surface area contributed by atoms with Gasteiger partial charge in [0.05, 0.1) is 0 Å². The third-order valence-corrected chi connectivity index (χ3v) is 6.42. The van der Waals surface area contributed by atoms with E-state index in [-0.39, 0.29) is 11.8 Å². The van der Waals surface area contributed by atoms with Crippen molar-refractivity contribution < 1.29 is 9.59 Å². The van der Waals surface area contributed by atoms with E-state index < -0.39 is 0 Å². The van der Waals surface area contributed by atoms with Crippen LogP contribution in [-0.2, 0) is 22.6 Å². The number of amides is 2. The van der Waals surface area contributed by atoms with Gasteiger partial charge in [0.1, 0.15) is 0 Å². The molecule has 6 heteroatoms. The van der Waals surface area contributed by atoms with Crippen molar-refractivity contribution in [1.82, 2.24) is 15.1 Å². The molecule has 3 heterocycles. The number of hydrogen-bond donors (Lipinski definition) is 1. The zero-order valence-corrected chi connectivity index (χ0v) is 16.7. The first-order valence-electron chi connectivity index (χ1n) is 9.94. The third-order valence-electron chi connectivity index (χ3n) is 5.39. The molecule has 5 nitrogen and oxygen atoms in total. The molecule has 1 saturated heterocycles. The normalized spacial score (nSPS) is 19.0. The lowest BCUT2D eigenvalue weighted by molar-refractivity contribution is -0.134. The highest BCUT2D eigenvalue weighted by molar-refractivity contribution is 7.10. The average molecular weight is 378 g/mol. The molecule has 1 unspecified atom stereocenters. The van der Waals surface area contributed by atoms with Crippen LogP contribution in [0.15, 0.2) is 11.4 Å². The maximum Gasteiger partial charge on any atom is 0.223 e. The largest absolute Gasteiger partial charge is 0.356 e. The van der Waals surface area contributed by atoms with Gasteiger partial charge in [-0.15, -0.1) is 11.3 Å². The molecule has 0 aliphatic carbocycles. The Balaban J connectivity index is 1.31. The van der Waals surface area contributed by atoms with Gasteiger partial charge in [-0.25, -0.2) is 0 Å². The van der Waals surface area contributed by atoms with E-state index in [0.29, 0.717) is 31.8 Å². The number of piperidine rings is 1. The van der Waals surface area contributed by atoms with Crippen LogP contribution in [0.25, 0.3) is 0 Å². The van der Waals surface area contributed by atoms with Crippen molar-refractivity contribution in [1.29, 1.82) is 0 Å². The lowest BCUT2D eigenvalue weighted by Crippen LogP contribution is -2.38. The van der Waals surface area contributed by atoms with E-state index in [9.17, 15) is 9.59 Å². The quantitative estimate of drug-likeness (QED) is 0.795. The van der Waals surface area contributed by atoms with E-state index in [1.807, 2.05) is 4.90 Å². The maximum atomic E-state index is 12.4. The zero-order valence-electron chi connectivity index (χ0n) is 15.8. The van der Waals surface area contributed by atoms with Crippen LogP contribution in [0.3, 0.4) is 0 Å². The Morgan fingerprint density at radius 2 is 2.00 bits per heavy atom. The summed E-state index contributed by atoms with van der Waals surface area (Å²) >= 11 is 1.77. The number of carbonyl (C=O) groups excluding carboxylic acids is 2. The number of fused-ring (bicyclic) bond motifs is 1. The van der Waals surface area contributed by atoms with Crippen LogP contribution < -0.4 is 5.32 Å². The number of rotatable bonds is 7. The fourth-order valence-electron chi connectivity index (χ4n) is 3.86. The van der Waals surface area contributed by atoms with Crippen molar-refractivity contribution in [3.05, 3.63) is 21.9 Å². The van der Waals surface area contributed by atoms with Crippen LogP contribution in [0.4, 0.5) is 0 Å². The van der Waals surface area contributed by atoms with Gasteiger partial charge in [0.2, 0.25) is 11.8 Å². The van der Waals surface area contributed by atoms with Crippen LogP contribution in [0.1, 0.15) is 49.5 Å². The van der Waals surface area contributed by atoms with E-state index in [1.54, 1.807) is 11.3 Å². The molecule has 1 fully saturated rings. The highest BCUT2D eigenvalue weighted by Gasteiger charge is 2.22. The summed E-state index contributed by atoms with van der Waals surface area (Å²) in [6, 6.07) is 2.11. The monoisotopic (exact) mass is 377 g/mol. The molecule has 144 valence electrons. The summed E-state index contributed by atoms with van der Waals surface area (Å²) in [5.41, 5.74) is 1.27. The Morgan fingerprint density at radius 3 is 2.81 bits per heavy atom. The van der Waals surface area contributed by atoms with Gasteiger partial charge in [0, 0.05) is 43.9 Å². The highest BCUT2D eigenvalue weighted by Crippen LogP contribution is 2.24. The third kappa shape index (κ3) is 5.55. The zero-order chi connectivity index (χ0) is 18.4. The molecular weight excluding hydrogens is 346 g/mol. The number of thiophene rings is 1. The number of carbonyl (C=O) groups is 2. The first-order chi connectivity index (χ1) is 12.6. The highest BCUT2D eigenvalue weighted by atomic mass is 32.1. The van der Waals surface area contributed by atoms with Gasteiger partial charge < -0.3 is 15.1 Å². The Kier molecular flexibility index (Phi) is 7.08. The van der Waals surface area contributed by atoms with Crippen LogP contribution in [0, 0.1) is 5.92 Å². The minimum Gasteiger partial charge on any atom is -0.356 e. The minimum atomic E-state index is -0.00271. The van der Waals surface area contributed by atoms with Gasteiger partial charge in [-0.1, -0.05) is 13.3 Å². The molecule has 0 saturated carbocycles. The second kappa shape index (κ2) is 9.51. The van der Waals surface area contributed by atoms with Crippen LogP contribution in [0.2, 0.25) is 0 Å².